The molecule has 3 heteroatoms. The van der Waals surface area contributed by atoms with Crippen molar-refractivity contribution < 1.29 is 9.47 Å². The van der Waals surface area contributed by atoms with Crippen LogP contribution in [-0.4, -0.2) is 43.9 Å². The molecule has 2 fully saturated rings. The van der Waals surface area contributed by atoms with Crippen LogP contribution in [0.5, 0.6) is 5.75 Å². The molecule has 1 saturated heterocycles. The highest BCUT2D eigenvalue weighted by atomic mass is 16.5. The third-order valence-corrected chi connectivity index (χ3v) is 4.87. The largest absolute Gasteiger partial charge is 0.491 e. The van der Waals surface area contributed by atoms with Crippen LogP contribution in [0.25, 0.3) is 0 Å². The third kappa shape index (κ3) is 4.21. The minimum absolute atomic E-state index is 0.635. The molecule has 0 amide bonds. The zero-order valence-corrected chi connectivity index (χ0v) is 12.9. The van der Waals surface area contributed by atoms with E-state index in [2.05, 4.69) is 4.90 Å². The number of hydrogen-bond acceptors (Lipinski definition) is 3. The first-order valence-corrected chi connectivity index (χ1v) is 8.43. The highest BCUT2D eigenvalue weighted by Gasteiger charge is 2.34. The molecular formula is C18H27NO2. The van der Waals surface area contributed by atoms with Crippen molar-refractivity contribution in [3.05, 3.63) is 30.3 Å². The van der Waals surface area contributed by atoms with E-state index < -0.39 is 0 Å². The molecule has 0 N–H and O–H groups in total. The van der Waals surface area contributed by atoms with Gasteiger partial charge < -0.3 is 9.47 Å². The zero-order valence-electron chi connectivity index (χ0n) is 12.9. The van der Waals surface area contributed by atoms with Crippen LogP contribution in [0.1, 0.15) is 32.1 Å². The molecule has 3 rings (SSSR count). The number of ether oxygens (including phenoxy) is 2. The minimum atomic E-state index is 0.635. The highest BCUT2D eigenvalue weighted by molar-refractivity contribution is 5.20. The van der Waals surface area contributed by atoms with Gasteiger partial charge in [-0.15, -0.1) is 0 Å². The molecule has 116 valence electrons. The second-order valence-corrected chi connectivity index (χ2v) is 6.21. The second kappa shape index (κ2) is 7.81. The number of benzene rings is 1. The fourth-order valence-corrected chi connectivity index (χ4v) is 3.51. The maximum atomic E-state index is 5.73. The van der Waals surface area contributed by atoms with Crippen molar-refractivity contribution in [2.45, 2.75) is 38.1 Å². The van der Waals surface area contributed by atoms with Crippen LogP contribution >= 0.6 is 0 Å². The molecule has 0 spiro atoms. The Morgan fingerprint density at radius 1 is 0.952 bits per heavy atom. The van der Waals surface area contributed by atoms with Crippen LogP contribution in [-0.2, 0) is 4.74 Å². The Morgan fingerprint density at radius 2 is 1.81 bits per heavy atom. The van der Waals surface area contributed by atoms with E-state index in [1.165, 1.54) is 38.6 Å². The first-order chi connectivity index (χ1) is 10.4. The topological polar surface area (TPSA) is 21.7 Å². The molecule has 1 aromatic rings. The van der Waals surface area contributed by atoms with Crippen LogP contribution in [0, 0.1) is 5.92 Å². The molecule has 0 aromatic heterocycles. The standard InChI is InChI=1S/C18H27NO2/c1-2-8-17(9-3-1)21-15-14-20-13-12-19-11-5-10-18(19)16-6-4-7-16/h1-3,8-9,16,18H,4-7,10-15H2. The Kier molecular flexibility index (Phi) is 5.53. The van der Waals surface area contributed by atoms with Crippen LogP contribution in [0.15, 0.2) is 30.3 Å². The lowest BCUT2D eigenvalue weighted by atomic mass is 9.79. The number of rotatable bonds is 8. The average Bonchev–Trinajstić information content (AvgIpc) is 2.90. The third-order valence-electron chi connectivity index (χ3n) is 4.87. The molecule has 0 radical (unpaired) electrons. The van der Waals surface area contributed by atoms with Crippen molar-refractivity contribution in [3.63, 3.8) is 0 Å². The van der Waals surface area contributed by atoms with Gasteiger partial charge >= 0.3 is 0 Å². The van der Waals surface area contributed by atoms with Gasteiger partial charge in [-0.1, -0.05) is 24.6 Å². The van der Waals surface area contributed by atoms with Gasteiger partial charge in [-0.25, -0.2) is 0 Å². The Balaban J connectivity index is 1.26. The van der Waals surface area contributed by atoms with Crippen LogP contribution < -0.4 is 4.74 Å². The lowest BCUT2D eigenvalue weighted by molar-refractivity contribution is 0.0599. The van der Waals surface area contributed by atoms with Crippen molar-refractivity contribution in [2.24, 2.45) is 5.92 Å². The van der Waals surface area contributed by atoms with Gasteiger partial charge in [0.15, 0.2) is 0 Å². The first kappa shape index (κ1) is 14.9. The summed E-state index contributed by atoms with van der Waals surface area (Å²) in [5, 5.41) is 0. The smallest absolute Gasteiger partial charge is 0.119 e. The van der Waals surface area contributed by atoms with Gasteiger partial charge in [0.1, 0.15) is 12.4 Å². The van der Waals surface area contributed by atoms with Crippen LogP contribution in [0.2, 0.25) is 0 Å². The Morgan fingerprint density at radius 3 is 2.57 bits per heavy atom. The summed E-state index contributed by atoms with van der Waals surface area (Å²) in [5.41, 5.74) is 0. The molecule has 1 unspecified atom stereocenters. The lowest BCUT2D eigenvalue weighted by Gasteiger charge is -2.37. The summed E-state index contributed by atoms with van der Waals surface area (Å²) in [5.74, 6) is 1.90. The summed E-state index contributed by atoms with van der Waals surface area (Å²) in [7, 11) is 0. The molecule has 1 aliphatic heterocycles. The summed E-state index contributed by atoms with van der Waals surface area (Å²) in [6.07, 6.45) is 7.13. The maximum absolute atomic E-state index is 5.73. The van der Waals surface area contributed by atoms with Crippen molar-refractivity contribution >= 4 is 0 Å². The molecule has 1 aliphatic carbocycles. The van der Waals surface area contributed by atoms with E-state index >= 15 is 0 Å². The number of likely N-dealkylation sites (tertiary alicyclic amines) is 1. The SMILES string of the molecule is c1ccc(OCCOCCN2CCCC2C2CCC2)cc1. The summed E-state index contributed by atoms with van der Waals surface area (Å²) < 4.78 is 11.4. The average molecular weight is 289 g/mol. The van der Waals surface area contributed by atoms with E-state index in [0.29, 0.717) is 13.2 Å². The van der Waals surface area contributed by atoms with Gasteiger partial charge in [0.25, 0.3) is 0 Å². The van der Waals surface area contributed by atoms with Crippen LogP contribution in [0.4, 0.5) is 0 Å². The summed E-state index contributed by atoms with van der Waals surface area (Å²) in [4.78, 5) is 2.65. The van der Waals surface area contributed by atoms with Crippen LogP contribution in [0.3, 0.4) is 0 Å². The summed E-state index contributed by atoms with van der Waals surface area (Å²) in [6, 6.07) is 10.8. The van der Waals surface area contributed by atoms with Crippen molar-refractivity contribution in [1.82, 2.24) is 4.90 Å². The Labute approximate surface area is 128 Å². The molecule has 2 aliphatic rings. The highest BCUT2D eigenvalue weighted by Crippen LogP contribution is 2.36. The fourth-order valence-electron chi connectivity index (χ4n) is 3.51. The number of hydrogen-bond donors (Lipinski definition) is 0. The Bertz CT molecular complexity index is 405. The molecular weight excluding hydrogens is 262 g/mol. The van der Waals surface area contributed by atoms with Crippen molar-refractivity contribution in [2.75, 3.05) is 32.9 Å². The maximum Gasteiger partial charge on any atom is 0.119 e. The number of nitrogens with zero attached hydrogens (tertiary/aromatic N) is 1. The lowest BCUT2D eigenvalue weighted by Crippen LogP contribution is -2.40. The van der Waals surface area contributed by atoms with Gasteiger partial charge in [-0.3, -0.25) is 4.90 Å². The predicted octanol–water partition coefficient (Wildman–Crippen LogP) is 3.35. The molecule has 1 saturated carbocycles. The zero-order chi connectivity index (χ0) is 14.3. The minimum Gasteiger partial charge on any atom is -0.491 e. The van der Waals surface area contributed by atoms with Gasteiger partial charge in [0.05, 0.1) is 13.2 Å². The fraction of sp³-hybridized carbons (Fsp3) is 0.667. The summed E-state index contributed by atoms with van der Waals surface area (Å²) >= 11 is 0. The Hall–Kier alpha value is -1.06. The van der Waals surface area contributed by atoms with Gasteiger partial charge in [0.2, 0.25) is 0 Å². The monoisotopic (exact) mass is 289 g/mol. The number of para-hydroxylation sites is 1. The van der Waals surface area contributed by atoms with E-state index in [9.17, 15) is 0 Å². The van der Waals surface area contributed by atoms with Gasteiger partial charge in [-0.05, 0) is 50.3 Å². The van der Waals surface area contributed by atoms with E-state index in [-0.39, 0.29) is 0 Å². The predicted molar refractivity (Wildman–Crippen MR) is 84.7 cm³/mol. The van der Waals surface area contributed by atoms with Crippen molar-refractivity contribution in [1.29, 1.82) is 0 Å². The molecule has 1 aromatic carbocycles. The second-order valence-electron chi connectivity index (χ2n) is 6.21. The van der Waals surface area contributed by atoms with E-state index in [1.54, 1.807) is 0 Å². The molecule has 1 heterocycles. The van der Waals surface area contributed by atoms with E-state index in [1.807, 2.05) is 30.3 Å². The molecule has 3 nitrogen and oxygen atoms in total. The van der Waals surface area contributed by atoms with Gasteiger partial charge in [0, 0.05) is 12.6 Å². The van der Waals surface area contributed by atoms with E-state index in [4.69, 9.17) is 9.47 Å². The normalized spacial score (nSPS) is 23.1. The van der Waals surface area contributed by atoms with Gasteiger partial charge in [-0.2, -0.15) is 0 Å². The summed E-state index contributed by atoms with van der Waals surface area (Å²) in [6.45, 7) is 4.51. The molecule has 0 bridgehead atoms. The molecule has 1 atom stereocenters. The van der Waals surface area contributed by atoms with Crippen molar-refractivity contribution in [3.8, 4) is 5.75 Å². The molecule has 21 heavy (non-hydrogen) atoms. The van der Waals surface area contributed by atoms with E-state index in [0.717, 1.165) is 30.9 Å². The quantitative estimate of drug-likeness (QED) is 0.685. The first-order valence-electron chi connectivity index (χ1n) is 8.43.